The van der Waals surface area contributed by atoms with Crippen molar-refractivity contribution < 1.29 is 49.9 Å². The lowest BCUT2D eigenvalue weighted by Gasteiger charge is -2.43. The number of anilines is 3. The van der Waals surface area contributed by atoms with Crippen LogP contribution in [0.4, 0.5) is 39.4 Å². The van der Waals surface area contributed by atoms with E-state index in [0.717, 1.165) is 113 Å². The Hall–Kier alpha value is -10.8. The van der Waals surface area contributed by atoms with E-state index in [9.17, 15) is 60.9 Å². The van der Waals surface area contributed by atoms with Crippen LogP contribution >= 0.6 is 23.2 Å². The summed E-state index contributed by atoms with van der Waals surface area (Å²) in [5, 5.41) is 36.8. The summed E-state index contributed by atoms with van der Waals surface area (Å²) >= 11 is 12.2. The molecule has 3 heterocycles. The predicted octanol–water partition coefficient (Wildman–Crippen LogP) is 19.3. The number of likely N-dealkylation sites (tertiary alicyclic amines) is 2. The number of halogens is 6. The van der Waals surface area contributed by atoms with Gasteiger partial charge >= 0.3 is 6.03 Å². The van der Waals surface area contributed by atoms with E-state index in [0.29, 0.717) is 116 Å². The highest BCUT2D eigenvalue weighted by atomic mass is 35.5. The average molecular weight is 1650 g/mol. The zero-order valence-corrected chi connectivity index (χ0v) is 68.9. The SMILES string of the molecule is CC(C)CCN1CCC(OCC(=O)Nc2cc(Cl)cc(Cl)c2)(c2ccc(-c3cccc(C#N)c3)cc2)CC1.CCN(CC)C(=O)N1CCC(CCC(=O)Nc2ccc(F)c(F)c2)(c2ccc(-c3cccc(C#N)c3)cc2)CC1.CN(C)S(=O)(=O)N1CCC(CCC(=O)Nc2ccc(F)c(F)c2)(c2ccc(-c3cccc(C#N)c3)cc2)CC1. The smallest absolute Gasteiger partial charge is 0.319 e. The number of amides is 5. The van der Waals surface area contributed by atoms with Gasteiger partial charge in [-0.05, 0) is 224 Å². The molecule has 3 saturated heterocycles. The topological polar surface area (TPSA) is 235 Å². The normalized spacial score (nSPS) is 15.1. The summed E-state index contributed by atoms with van der Waals surface area (Å²) in [6, 6.07) is 64.8. The molecule has 3 aliphatic heterocycles. The number of rotatable bonds is 25. The van der Waals surface area contributed by atoms with Gasteiger partial charge in [-0.2, -0.15) is 32.8 Å². The minimum Gasteiger partial charge on any atom is -0.360 e. The predicted molar refractivity (Wildman–Crippen MR) is 452 cm³/mol. The van der Waals surface area contributed by atoms with Gasteiger partial charge in [0, 0.05) is 119 Å². The van der Waals surface area contributed by atoms with Gasteiger partial charge in [0.2, 0.25) is 17.7 Å². The molecule has 610 valence electrons. The molecule has 0 unspecified atom stereocenters. The van der Waals surface area contributed by atoms with E-state index in [1.54, 1.807) is 36.4 Å². The largest absolute Gasteiger partial charge is 0.360 e. The molecule has 0 bridgehead atoms. The number of nitrogens with zero attached hydrogens (tertiary/aromatic N) is 8. The maximum atomic E-state index is 13.6. The van der Waals surface area contributed by atoms with E-state index in [-0.39, 0.29) is 60.0 Å². The molecule has 117 heavy (non-hydrogen) atoms. The molecule has 0 spiro atoms. The van der Waals surface area contributed by atoms with E-state index in [4.69, 9.17) is 27.9 Å². The highest BCUT2D eigenvalue weighted by molar-refractivity contribution is 7.86. The molecule has 18 nitrogen and oxygen atoms in total. The van der Waals surface area contributed by atoms with Gasteiger partial charge in [0.05, 0.1) is 40.5 Å². The summed E-state index contributed by atoms with van der Waals surface area (Å²) < 4.78 is 88.3. The van der Waals surface area contributed by atoms with Crippen LogP contribution in [0.2, 0.25) is 10.0 Å². The number of carbonyl (C=O) groups is 4. The average Bonchev–Trinajstić information content (AvgIpc) is 0.734. The monoisotopic (exact) mass is 1650 g/mol. The molecular weight excluding hydrogens is 1550 g/mol. The molecule has 0 aromatic heterocycles. The van der Waals surface area contributed by atoms with Crippen LogP contribution in [-0.4, -0.2) is 135 Å². The Morgan fingerprint density at radius 3 is 1.27 bits per heavy atom. The fraction of sp³-hybridized carbons (Fsp3) is 0.337. The number of urea groups is 1. The summed E-state index contributed by atoms with van der Waals surface area (Å²) in [6.45, 7) is 14.3. The van der Waals surface area contributed by atoms with Gasteiger partial charge in [-0.1, -0.05) is 146 Å². The van der Waals surface area contributed by atoms with Crippen molar-refractivity contribution in [3.05, 3.63) is 267 Å². The first-order valence-corrected chi connectivity index (χ1v) is 41.4. The Kier molecular flexibility index (Phi) is 30.9. The molecule has 0 atom stereocenters. The lowest BCUT2D eigenvalue weighted by Crippen LogP contribution is -2.50. The van der Waals surface area contributed by atoms with Crippen LogP contribution < -0.4 is 16.0 Å². The lowest BCUT2D eigenvalue weighted by molar-refractivity contribution is -0.134. The number of nitrogens with one attached hydrogen (secondary N) is 3. The summed E-state index contributed by atoms with van der Waals surface area (Å²) in [5.41, 5.74) is 10.3. The Balaban J connectivity index is 0.000000185. The molecule has 3 aliphatic rings. The fourth-order valence-corrected chi connectivity index (χ4v) is 16.9. The van der Waals surface area contributed by atoms with Gasteiger partial charge in [0.1, 0.15) is 6.61 Å². The molecule has 3 fully saturated rings. The van der Waals surface area contributed by atoms with Gasteiger partial charge in [-0.3, -0.25) is 14.4 Å². The molecule has 0 radical (unpaired) electrons. The zero-order chi connectivity index (χ0) is 84.0. The Morgan fingerprint density at radius 1 is 0.487 bits per heavy atom. The number of hydrogen-bond acceptors (Lipinski definition) is 11. The summed E-state index contributed by atoms with van der Waals surface area (Å²) in [4.78, 5) is 57.6. The van der Waals surface area contributed by atoms with Gasteiger partial charge in [-0.25, -0.2) is 22.4 Å². The maximum Gasteiger partial charge on any atom is 0.319 e. The molecular formula is C92H97Cl2F4N11O7S. The van der Waals surface area contributed by atoms with Crippen LogP contribution in [0, 0.1) is 63.2 Å². The number of piperidine rings is 3. The van der Waals surface area contributed by atoms with Crippen molar-refractivity contribution in [1.29, 1.82) is 15.8 Å². The number of benzene rings is 9. The van der Waals surface area contributed by atoms with Gasteiger partial charge in [0.25, 0.3) is 10.2 Å². The third kappa shape index (κ3) is 23.5. The first-order chi connectivity index (χ1) is 56.1. The summed E-state index contributed by atoms with van der Waals surface area (Å²) in [6.07, 6.45) is 6.47. The Morgan fingerprint density at radius 2 is 0.889 bits per heavy atom. The number of carbonyl (C=O) groups excluding carboxylic acids is 4. The van der Waals surface area contributed by atoms with E-state index >= 15 is 0 Å². The molecule has 0 aliphatic carbocycles. The first kappa shape index (κ1) is 88.6. The van der Waals surface area contributed by atoms with Gasteiger partial charge in [0.15, 0.2) is 23.3 Å². The van der Waals surface area contributed by atoms with Crippen LogP contribution in [0.25, 0.3) is 33.4 Å². The summed E-state index contributed by atoms with van der Waals surface area (Å²) in [5.74, 6) is -4.23. The van der Waals surface area contributed by atoms with Gasteiger partial charge in [-0.15, -0.1) is 0 Å². The summed E-state index contributed by atoms with van der Waals surface area (Å²) in [7, 11) is -0.567. The lowest BCUT2D eigenvalue weighted by atomic mass is 9.69. The number of nitriles is 3. The molecule has 9 aromatic carbocycles. The van der Waals surface area contributed by atoms with Crippen molar-refractivity contribution in [3.63, 3.8) is 0 Å². The van der Waals surface area contributed by atoms with E-state index in [1.165, 1.54) is 34.8 Å². The minimum absolute atomic E-state index is 0.0300. The minimum atomic E-state index is -3.57. The maximum absolute atomic E-state index is 13.6. The number of ether oxygens (including phenoxy) is 1. The molecule has 0 saturated carbocycles. The highest BCUT2D eigenvalue weighted by Crippen LogP contribution is 2.44. The quantitative estimate of drug-likeness (QED) is 0.0455. The van der Waals surface area contributed by atoms with Crippen LogP contribution in [0.15, 0.2) is 200 Å². The van der Waals surface area contributed by atoms with Crippen molar-refractivity contribution in [3.8, 4) is 51.6 Å². The van der Waals surface area contributed by atoms with Crippen molar-refractivity contribution in [1.82, 2.24) is 23.3 Å². The standard InChI is InChI=1S/C32H34F2N4O2.C31H33Cl2N3O2.C29H30F2N4O3S/c1-3-37(4-2)31(40)38-18-16-32(17-19-38,15-14-30(39)36-27-12-13-28(33)29(34)21-27)26-10-8-24(9-11-26)25-7-5-6-23(20-25)22-35;1-22(2)10-13-36-14-11-31(12-15-36,38-21-30(37)35-29-18-27(32)17-28(33)19-29)26-8-6-24(7-9-26)25-5-3-4-23(16-25)20-34;1-34(2)39(37,38)35-16-14-29(15-17-35,13-12-28(36)33-25-10-11-26(30)27(31)19-25)24-8-6-22(7-9-24)23-5-3-4-21(18-23)20-32/h5-13,20-21H,3-4,14-19H2,1-2H3,(H,36,39);3-9,16-19,22H,10-15,21H2,1-2H3,(H,35,37);3-11,18-19H,12-17H2,1-2H3,(H,33,36). The van der Waals surface area contributed by atoms with Crippen molar-refractivity contribution >= 4 is 74.2 Å². The second kappa shape index (κ2) is 40.9. The van der Waals surface area contributed by atoms with Crippen molar-refractivity contribution in [2.24, 2.45) is 5.92 Å². The second-order valence-corrected chi connectivity index (χ2v) is 33.4. The molecule has 5 amide bonds. The van der Waals surface area contributed by atoms with E-state index in [1.807, 2.05) is 115 Å². The Bertz CT molecular complexity index is 5180. The molecule has 25 heteroatoms. The van der Waals surface area contributed by atoms with Crippen LogP contribution in [0.1, 0.15) is 132 Å². The molecule has 12 rings (SSSR count). The van der Waals surface area contributed by atoms with E-state index < -0.39 is 44.5 Å². The number of hydrogen-bond donors (Lipinski definition) is 3. The molecule has 9 aromatic rings. The third-order valence-corrected chi connectivity index (χ3v) is 24.6. The second-order valence-electron chi connectivity index (χ2n) is 30.4. The van der Waals surface area contributed by atoms with Crippen molar-refractivity contribution in [2.75, 3.05) is 95.6 Å². The van der Waals surface area contributed by atoms with Crippen LogP contribution in [-0.2, 0) is 45.8 Å². The first-order valence-electron chi connectivity index (χ1n) is 39.3. The van der Waals surface area contributed by atoms with Crippen LogP contribution in [0.5, 0.6) is 0 Å². The highest BCUT2D eigenvalue weighted by Gasteiger charge is 2.42. The van der Waals surface area contributed by atoms with Crippen LogP contribution in [0.3, 0.4) is 0 Å². The zero-order valence-electron chi connectivity index (χ0n) is 66.6. The Labute approximate surface area is 693 Å². The third-order valence-electron chi connectivity index (χ3n) is 22.3. The molecule has 3 N–H and O–H groups in total. The van der Waals surface area contributed by atoms with E-state index in [2.05, 4.69) is 89.3 Å². The fourth-order valence-electron chi connectivity index (χ4n) is 15.3. The van der Waals surface area contributed by atoms with Crippen molar-refractivity contribution in [2.45, 2.75) is 115 Å². The van der Waals surface area contributed by atoms with Gasteiger partial charge < -0.3 is 35.4 Å².